The van der Waals surface area contributed by atoms with Crippen LogP contribution in [0.15, 0.2) is 5.16 Å². The molecule has 0 bridgehead atoms. The third-order valence-electron chi connectivity index (χ3n) is 2.95. The van der Waals surface area contributed by atoms with Crippen LogP contribution in [0.3, 0.4) is 0 Å². The number of piperazine rings is 1. The van der Waals surface area contributed by atoms with Crippen molar-refractivity contribution in [1.82, 2.24) is 9.80 Å². The molecule has 15 heavy (non-hydrogen) atoms. The number of hydrogen-bond acceptors (Lipinski definition) is 4. The van der Waals surface area contributed by atoms with Crippen molar-refractivity contribution >= 4 is 5.84 Å². The molecule has 0 unspecified atom stereocenters. The van der Waals surface area contributed by atoms with Crippen molar-refractivity contribution in [3.8, 4) is 0 Å². The lowest BCUT2D eigenvalue weighted by Crippen LogP contribution is -2.46. The fourth-order valence-corrected chi connectivity index (χ4v) is 1.86. The Labute approximate surface area is 91.5 Å². The summed E-state index contributed by atoms with van der Waals surface area (Å²) >= 11 is 0. The minimum Gasteiger partial charge on any atom is -0.409 e. The van der Waals surface area contributed by atoms with E-state index >= 15 is 0 Å². The van der Waals surface area contributed by atoms with Crippen LogP contribution in [0.25, 0.3) is 0 Å². The van der Waals surface area contributed by atoms with Crippen LogP contribution >= 0.6 is 0 Å². The van der Waals surface area contributed by atoms with Crippen LogP contribution in [-0.2, 0) is 0 Å². The van der Waals surface area contributed by atoms with Gasteiger partial charge in [-0.05, 0) is 19.5 Å². The van der Waals surface area contributed by atoms with Crippen molar-refractivity contribution < 1.29 is 5.21 Å². The minimum absolute atomic E-state index is 0.335. The molecule has 0 radical (unpaired) electrons. The smallest absolute Gasteiger partial charge is 0.139 e. The number of oxime groups is 1. The van der Waals surface area contributed by atoms with Gasteiger partial charge in [0.25, 0.3) is 0 Å². The van der Waals surface area contributed by atoms with Gasteiger partial charge in [0.15, 0.2) is 0 Å². The molecule has 1 saturated heterocycles. The number of nitrogens with two attached hydrogens (primary N) is 1. The van der Waals surface area contributed by atoms with Crippen molar-refractivity contribution in [1.29, 1.82) is 0 Å². The number of rotatable bonds is 5. The molecule has 0 amide bonds. The Kier molecular flexibility index (Phi) is 5.42. The number of likely N-dealkylation sites (N-methyl/N-ethyl adjacent to an activating group) is 1. The fraction of sp³-hybridized carbons (Fsp3) is 0.900. The highest BCUT2D eigenvalue weighted by Crippen LogP contribution is 2.02. The molecular weight excluding hydrogens is 192 g/mol. The Hall–Kier alpha value is -0.810. The molecule has 5 nitrogen and oxygen atoms in total. The average molecular weight is 214 g/mol. The molecule has 5 heteroatoms. The Morgan fingerprint density at radius 2 is 1.87 bits per heavy atom. The Morgan fingerprint density at radius 3 is 2.40 bits per heavy atom. The monoisotopic (exact) mass is 214 g/mol. The van der Waals surface area contributed by atoms with Gasteiger partial charge in [0.1, 0.15) is 5.84 Å². The summed E-state index contributed by atoms with van der Waals surface area (Å²) in [6, 6.07) is 0. The molecule has 0 aromatic carbocycles. The van der Waals surface area contributed by atoms with E-state index in [0.717, 1.165) is 32.6 Å². The summed E-state index contributed by atoms with van der Waals surface area (Å²) in [6.45, 7) is 9.02. The van der Waals surface area contributed by atoms with E-state index in [1.807, 2.05) is 0 Å². The van der Waals surface area contributed by atoms with Crippen LogP contribution < -0.4 is 5.73 Å². The highest BCUT2D eigenvalue weighted by Gasteiger charge is 2.14. The van der Waals surface area contributed by atoms with Crippen molar-refractivity contribution in [3.05, 3.63) is 0 Å². The Bertz CT molecular complexity index is 200. The van der Waals surface area contributed by atoms with Crippen LogP contribution in [0.1, 0.15) is 19.8 Å². The molecule has 88 valence electrons. The molecule has 0 aromatic heterocycles. The number of amidine groups is 1. The first-order chi connectivity index (χ1) is 7.26. The van der Waals surface area contributed by atoms with Gasteiger partial charge < -0.3 is 20.7 Å². The second-order valence-corrected chi connectivity index (χ2v) is 3.97. The third kappa shape index (κ3) is 4.48. The lowest BCUT2D eigenvalue weighted by atomic mass is 10.2. The lowest BCUT2D eigenvalue weighted by Gasteiger charge is -2.33. The normalized spacial score (nSPS) is 20.7. The minimum atomic E-state index is 0.335. The molecule has 1 aliphatic rings. The summed E-state index contributed by atoms with van der Waals surface area (Å²) in [6.07, 6.45) is 1.66. The maximum atomic E-state index is 8.38. The van der Waals surface area contributed by atoms with Crippen LogP contribution in [0, 0.1) is 0 Å². The van der Waals surface area contributed by atoms with Gasteiger partial charge in [-0.15, -0.1) is 0 Å². The maximum absolute atomic E-state index is 8.38. The Morgan fingerprint density at radius 1 is 1.27 bits per heavy atom. The topological polar surface area (TPSA) is 65.1 Å². The zero-order chi connectivity index (χ0) is 11.1. The zero-order valence-electron chi connectivity index (χ0n) is 9.52. The first-order valence-corrected chi connectivity index (χ1v) is 5.67. The van der Waals surface area contributed by atoms with Gasteiger partial charge in [0.2, 0.25) is 0 Å². The summed E-state index contributed by atoms with van der Waals surface area (Å²) in [5, 5.41) is 11.3. The van der Waals surface area contributed by atoms with Gasteiger partial charge in [-0.1, -0.05) is 12.1 Å². The molecule has 0 saturated carbocycles. The molecule has 1 rings (SSSR count). The van der Waals surface area contributed by atoms with Gasteiger partial charge in [0.05, 0.1) is 0 Å². The van der Waals surface area contributed by atoms with E-state index < -0.39 is 0 Å². The molecule has 1 heterocycles. The van der Waals surface area contributed by atoms with Crippen molar-refractivity contribution in [2.24, 2.45) is 10.9 Å². The Balaban J connectivity index is 2.08. The largest absolute Gasteiger partial charge is 0.409 e. The molecule has 0 aromatic rings. The molecular formula is C10H22N4O. The molecule has 1 fully saturated rings. The van der Waals surface area contributed by atoms with Gasteiger partial charge in [-0.25, -0.2) is 0 Å². The SMILES string of the molecule is CCN1CCN(CCC/C(N)=N/O)CC1. The summed E-state index contributed by atoms with van der Waals surface area (Å²) in [5.41, 5.74) is 5.41. The van der Waals surface area contributed by atoms with E-state index in [4.69, 9.17) is 10.9 Å². The molecule has 0 atom stereocenters. The first-order valence-electron chi connectivity index (χ1n) is 5.67. The molecule has 0 aliphatic carbocycles. The quantitative estimate of drug-likeness (QED) is 0.296. The first kappa shape index (κ1) is 12.3. The predicted octanol–water partition coefficient (Wildman–Crippen LogP) is 0.151. The van der Waals surface area contributed by atoms with E-state index in [1.54, 1.807) is 0 Å². The van der Waals surface area contributed by atoms with E-state index in [1.165, 1.54) is 13.1 Å². The second-order valence-electron chi connectivity index (χ2n) is 3.97. The third-order valence-corrected chi connectivity index (χ3v) is 2.95. The summed E-state index contributed by atoms with van der Waals surface area (Å²) in [4.78, 5) is 4.90. The molecule has 0 spiro atoms. The van der Waals surface area contributed by atoms with E-state index in [0.29, 0.717) is 12.3 Å². The fourth-order valence-electron chi connectivity index (χ4n) is 1.86. The van der Waals surface area contributed by atoms with Crippen LogP contribution in [0.5, 0.6) is 0 Å². The van der Waals surface area contributed by atoms with Crippen LogP contribution in [-0.4, -0.2) is 60.1 Å². The highest BCUT2D eigenvalue weighted by molar-refractivity contribution is 5.79. The second kappa shape index (κ2) is 6.63. The molecule has 3 N–H and O–H groups in total. The maximum Gasteiger partial charge on any atom is 0.139 e. The lowest BCUT2D eigenvalue weighted by molar-refractivity contribution is 0.137. The average Bonchev–Trinajstić information content (AvgIpc) is 2.29. The van der Waals surface area contributed by atoms with Gasteiger partial charge in [0, 0.05) is 32.6 Å². The van der Waals surface area contributed by atoms with Gasteiger partial charge >= 0.3 is 0 Å². The number of hydrogen-bond donors (Lipinski definition) is 2. The van der Waals surface area contributed by atoms with Crippen molar-refractivity contribution in [2.75, 3.05) is 39.3 Å². The summed E-state index contributed by atoms with van der Waals surface area (Å²) in [5.74, 6) is 0.335. The van der Waals surface area contributed by atoms with E-state index in [2.05, 4.69) is 21.9 Å². The zero-order valence-corrected chi connectivity index (χ0v) is 9.52. The summed E-state index contributed by atoms with van der Waals surface area (Å²) in [7, 11) is 0. The van der Waals surface area contributed by atoms with E-state index in [-0.39, 0.29) is 0 Å². The van der Waals surface area contributed by atoms with Gasteiger partial charge in [-0.2, -0.15) is 0 Å². The van der Waals surface area contributed by atoms with Crippen LogP contribution in [0.2, 0.25) is 0 Å². The van der Waals surface area contributed by atoms with E-state index in [9.17, 15) is 0 Å². The summed E-state index contributed by atoms with van der Waals surface area (Å²) < 4.78 is 0. The van der Waals surface area contributed by atoms with Crippen molar-refractivity contribution in [2.45, 2.75) is 19.8 Å². The highest BCUT2D eigenvalue weighted by atomic mass is 16.4. The van der Waals surface area contributed by atoms with Crippen LogP contribution in [0.4, 0.5) is 0 Å². The van der Waals surface area contributed by atoms with Crippen molar-refractivity contribution in [3.63, 3.8) is 0 Å². The molecule has 1 aliphatic heterocycles. The standard InChI is InChI=1S/C10H22N4O/c1-2-13-6-8-14(9-7-13)5-3-4-10(11)12-15/h15H,2-9H2,1H3,(H2,11,12). The van der Waals surface area contributed by atoms with Gasteiger partial charge in [-0.3, -0.25) is 0 Å². The predicted molar refractivity (Wildman–Crippen MR) is 61.2 cm³/mol. The number of nitrogens with zero attached hydrogens (tertiary/aromatic N) is 3.